The Morgan fingerprint density at radius 1 is 1.04 bits per heavy atom. The van der Waals surface area contributed by atoms with Gasteiger partial charge < -0.3 is 20.1 Å². The average Bonchev–Trinajstić information content (AvgIpc) is 2.68. The molecule has 1 aromatic carbocycles. The highest BCUT2D eigenvalue weighted by molar-refractivity contribution is 6.06. The number of anilines is 1. The van der Waals surface area contributed by atoms with Gasteiger partial charge in [-0.1, -0.05) is 13.3 Å². The summed E-state index contributed by atoms with van der Waals surface area (Å²) in [5, 5.41) is 5.56. The minimum Gasteiger partial charge on any atom is -0.497 e. The van der Waals surface area contributed by atoms with E-state index in [0.717, 1.165) is 12.8 Å². The van der Waals surface area contributed by atoms with Crippen LogP contribution < -0.4 is 20.1 Å². The van der Waals surface area contributed by atoms with E-state index in [9.17, 15) is 9.59 Å². The lowest BCUT2D eigenvalue weighted by Crippen LogP contribution is -2.25. The number of nitrogens with zero attached hydrogens (tertiary/aromatic N) is 1. The number of methoxy groups -OCH3 is 2. The second-order valence-electron chi connectivity index (χ2n) is 5.59. The van der Waals surface area contributed by atoms with Crippen molar-refractivity contribution in [2.75, 3.05) is 26.1 Å². The van der Waals surface area contributed by atoms with Gasteiger partial charge in [0.15, 0.2) is 0 Å². The van der Waals surface area contributed by atoms with E-state index in [4.69, 9.17) is 9.47 Å². The van der Waals surface area contributed by atoms with Gasteiger partial charge in [-0.25, -0.2) is 0 Å². The summed E-state index contributed by atoms with van der Waals surface area (Å²) in [7, 11) is 3.05. The highest BCUT2D eigenvalue weighted by Gasteiger charge is 2.14. The van der Waals surface area contributed by atoms with Crippen LogP contribution in [0.25, 0.3) is 0 Å². The first-order valence-corrected chi connectivity index (χ1v) is 8.35. The van der Waals surface area contributed by atoms with Crippen LogP contribution in [0.1, 0.15) is 40.5 Å². The van der Waals surface area contributed by atoms with Crippen molar-refractivity contribution in [1.82, 2.24) is 10.3 Å². The van der Waals surface area contributed by atoms with E-state index in [-0.39, 0.29) is 11.5 Å². The number of carbonyl (C=O) groups is 2. The number of unbranched alkanes of at least 4 members (excludes halogenated alkanes) is 1. The number of nitrogens with one attached hydrogen (secondary N) is 2. The molecule has 1 heterocycles. The molecule has 7 heteroatoms. The van der Waals surface area contributed by atoms with E-state index >= 15 is 0 Å². The maximum Gasteiger partial charge on any atom is 0.257 e. The number of rotatable bonds is 8. The fourth-order valence-electron chi connectivity index (χ4n) is 2.28. The molecule has 0 aliphatic rings. The van der Waals surface area contributed by atoms with Crippen molar-refractivity contribution in [1.29, 1.82) is 0 Å². The van der Waals surface area contributed by atoms with Crippen LogP contribution in [-0.4, -0.2) is 37.6 Å². The monoisotopic (exact) mass is 357 g/mol. The van der Waals surface area contributed by atoms with E-state index in [0.29, 0.717) is 29.3 Å². The number of hydrogen-bond acceptors (Lipinski definition) is 5. The minimum absolute atomic E-state index is 0.250. The summed E-state index contributed by atoms with van der Waals surface area (Å²) in [6, 6.07) is 6.60. The van der Waals surface area contributed by atoms with E-state index in [1.807, 2.05) is 6.92 Å². The van der Waals surface area contributed by atoms with Gasteiger partial charge in [0.25, 0.3) is 11.8 Å². The average molecular weight is 357 g/mol. The lowest BCUT2D eigenvalue weighted by Gasteiger charge is -2.12. The Labute approximate surface area is 152 Å². The molecular formula is C19H23N3O4. The Kier molecular flexibility index (Phi) is 6.96. The van der Waals surface area contributed by atoms with Gasteiger partial charge in [0.1, 0.15) is 11.5 Å². The van der Waals surface area contributed by atoms with Crippen LogP contribution >= 0.6 is 0 Å². The van der Waals surface area contributed by atoms with Crippen LogP contribution in [0.3, 0.4) is 0 Å². The van der Waals surface area contributed by atoms with E-state index in [1.54, 1.807) is 18.2 Å². The van der Waals surface area contributed by atoms with Crippen molar-refractivity contribution < 1.29 is 19.1 Å². The molecule has 0 radical (unpaired) electrons. The highest BCUT2D eigenvalue weighted by atomic mass is 16.5. The number of pyridine rings is 1. The number of amides is 2. The van der Waals surface area contributed by atoms with Crippen molar-refractivity contribution in [3.63, 3.8) is 0 Å². The van der Waals surface area contributed by atoms with Gasteiger partial charge in [0.2, 0.25) is 0 Å². The zero-order valence-electron chi connectivity index (χ0n) is 15.2. The van der Waals surface area contributed by atoms with Crippen LogP contribution in [0.2, 0.25) is 0 Å². The van der Waals surface area contributed by atoms with Gasteiger partial charge >= 0.3 is 0 Å². The van der Waals surface area contributed by atoms with Crippen LogP contribution in [0.4, 0.5) is 5.69 Å². The predicted octanol–water partition coefficient (Wildman–Crippen LogP) is 2.88. The van der Waals surface area contributed by atoms with Crippen molar-refractivity contribution in [2.24, 2.45) is 0 Å². The van der Waals surface area contributed by atoms with Gasteiger partial charge in [0.05, 0.1) is 31.0 Å². The molecule has 2 rings (SSSR count). The fraction of sp³-hybridized carbons (Fsp3) is 0.316. The summed E-state index contributed by atoms with van der Waals surface area (Å²) in [5.74, 6) is 0.440. The van der Waals surface area contributed by atoms with Gasteiger partial charge in [0, 0.05) is 25.0 Å². The van der Waals surface area contributed by atoms with Gasteiger partial charge in [-0.05, 0) is 24.6 Å². The summed E-state index contributed by atoms with van der Waals surface area (Å²) < 4.78 is 10.4. The normalized spacial score (nSPS) is 10.1. The molecule has 2 amide bonds. The molecule has 0 bridgehead atoms. The zero-order valence-corrected chi connectivity index (χ0v) is 15.2. The Morgan fingerprint density at radius 3 is 2.42 bits per heavy atom. The topological polar surface area (TPSA) is 89.6 Å². The summed E-state index contributed by atoms with van der Waals surface area (Å²) in [6.07, 6.45) is 4.73. The maximum atomic E-state index is 12.5. The lowest BCUT2D eigenvalue weighted by atomic mass is 10.1. The van der Waals surface area contributed by atoms with Gasteiger partial charge in [-0.2, -0.15) is 0 Å². The molecule has 0 aliphatic heterocycles. The molecule has 0 fully saturated rings. The molecule has 0 saturated carbocycles. The third-order valence-electron chi connectivity index (χ3n) is 3.73. The highest BCUT2D eigenvalue weighted by Crippen LogP contribution is 2.29. The first kappa shape index (κ1) is 19.2. The van der Waals surface area contributed by atoms with Crippen LogP contribution in [0.15, 0.2) is 36.7 Å². The molecule has 1 aromatic heterocycles. The van der Waals surface area contributed by atoms with Crippen molar-refractivity contribution in [3.8, 4) is 11.5 Å². The molecule has 7 nitrogen and oxygen atoms in total. The summed E-state index contributed by atoms with van der Waals surface area (Å²) in [6.45, 7) is 2.64. The number of ether oxygens (including phenoxy) is 2. The van der Waals surface area contributed by atoms with Crippen molar-refractivity contribution in [3.05, 3.63) is 47.8 Å². The van der Waals surface area contributed by atoms with Crippen LogP contribution in [0, 0.1) is 0 Å². The number of hydrogen-bond donors (Lipinski definition) is 2. The molecule has 0 saturated heterocycles. The van der Waals surface area contributed by atoms with Gasteiger partial charge in [-0.3, -0.25) is 14.6 Å². The first-order valence-electron chi connectivity index (χ1n) is 8.35. The smallest absolute Gasteiger partial charge is 0.257 e. The Hall–Kier alpha value is -3.09. The van der Waals surface area contributed by atoms with Crippen molar-refractivity contribution >= 4 is 17.5 Å². The standard InChI is InChI=1S/C19H23N3O4/c1-4-5-8-21-18(23)13-9-14(12-20-11-13)19(24)22-16-10-15(25-2)6-7-17(16)26-3/h6-7,9-12H,4-5,8H2,1-3H3,(H,21,23)(H,22,24). The largest absolute Gasteiger partial charge is 0.497 e. The lowest BCUT2D eigenvalue weighted by molar-refractivity contribution is 0.0953. The summed E-state index contributed by atoms with van der Waals surface area (Å²) in [4.78, 5) is 28.7. The third kappa shape index (κ3) is 4.95. The molecule has 0 spiro atoms. The third-order valence-corrected chi connectivity index (χ3v) is 3.73. The van der Waals surface area contributed by atoms with Crippen LogP contribution in [0.5, 0.6) is 11.5 Å². The number of aromatic nitrogens is 1. The quantitative estimate of drug-likeness (QED) is 0.709. The molecule has 0 unspecified atom stereocenters. The second-order valence-corrected chi connectivity index (χ2v) is 5.59. The van der Waals surface area contributed by atoms with E-state index in [1.165, 1.54) is 32.7 Å². The SMILES string of the molecule is CCCCNC(=O)c1cncc(C(=O)Nc2cc(OC)ccc2OC)c1. The second kappa shape index (κ2) is 9.41. The predicted molar refractivity (Wildman–Crippen MR) is 99.0 cm³/mol. The van der Waals surface area contributed by atoms with Gasteiger partial charge in [-0.15, -0.1) is 0 Å². The fourth-order valence-corrected chi connectivity index (χ4v) is 2.28. The van der Waals surface area contributed by atoms with Crippen LogP contribution in [-0.2, 0) is 0 Å². The summed E-state index contributed by atoms with van der Waals surface area (Å²) in [5.41, 5.74) is 1.08. The molecule has 138 valence electrons. The maximum absolute atomic E-state index is 12.5. The number of carbonyl (C=O) groups excluding carboxylic acids is 2. The molecule has 0 atom stereocenters. The zero-order chi connectivity index (χ0) is 18.9. The Balaban J connectivity index is 2.15. The molecule has 26 heavy (non-hydrogen) atoms. The minimum atomic E-state index is -0.396. The first-order chi connectivity index (χ1) is 12.6. The van der Waals surface area contributed by atoms with Crippen molar-refractivity contribution in [2.45, 2.75) is 19.8 Å². The molecule has 2 aromatic rings. The van der Waals surface area contributed by atoms with E-state index in [2.05, 4.69) is 15.6 Å². The number of benzene rings is 1. The Bertz CT molecular complexity index is 777. The summed E-state index contributed by atoms with van der Waals surface area (Å²) >= 11 is 0. The van der Waals surface area contributed by atoms with E-state index < -0.39 is 5.91 Å². The molecule has 0 aliphatic carbocycles. The molecule has 2 N–H and O–H groups in total. The molecular weight excluding hydrogens is 334 g/mol. The Morgan fingerprint density at radius 2 is 1.77 bits per heavy atom.